The van der Waals surface area contributed by atoms with E-state index in [9.17, 15) is 5.26 Å². The minimum absolute atomic E-state index is 0.524. The molecule has 0 saturated heterocycles. The SMILES string of the molecule is COc1cccc(NC(C#N)c2cc(Br)ccc2OC)c1. The molecule has 0 spiro atoms. The van der Waals surface area contributed by atoms with Crippen LogP contribution >= 0.6 is 15.9 Å². The Morgan fingerprint density at radius 1 is 1.14 bits per heavy atom. The Morgan fingerprint density at radius 2 is 1.95 bits per heavy atom. The maximum Gasteiger partial charge on any atom is 0.143 e. The van der Waals surface area contributed by atoms with E-state index < -0.39 is 6.04 Å². The molecular weight excluding hydrogens is 332 g/mol. The quantitative estimate of drug-likeness (QED) is 0.883. The van der Waals surface area contributed by atoms with Crippen molar-refractivity contribution in [1.29, 1.82) is 5.26 Å². The fourth-order valence-electron chi connectivity index (χ4n) is 1.99. The molecule has 0 aromatic heterocycles. The van der Waals surface area contributed by atoms with Gasteiger partial charge in [0.15, 0.2) is 0 Å². The third-order valence-electron chi connectivity index (χ3n) is 3.01. The van der Waals surface area contributed by atoms with Gasteiger partial charge in [0.1, 0.15) is 17.5 Å². The van der Waals surface area contributed by atoms with Gasteiger partial charge >= 0.3 is 0 Å². The van der Waals surface area contributed by atoms with Gasteiger partial charge in [0.05, 0.1) is 20.3 Å². The van der Waals surface area contributed by atoms with Crippen LogP contribution in [0.1, 0.15) is 11.6 Å². The zero-order chi connectivity index (χ0) is 15.2. The van der Waals surface area contributed by atoms with E-state index >= 15 is 0 Å². The minimum Gasteiger partial charge on any atom is -0.497 e. The Balaban J connectivity index is 2.32. The summed E-state index contributed by atoms with van der Waals surface area (Å²) in [6.07, 6.45) is 0. The monoisotopic (exact) mass is 346 g/mol. The van der Waals surface area contributed by atoms with Gasteiger partial charge in [-0.05, 0) is 30.3 Å². The lowest BCUT2D eigenvalue weighted by Crippen LogP contribution is -2.10. The molecule has 0 fully saturated rings. The van der Waals surface area contributed by atoms with E-state index in [1.807, 2.05) is 42.5 Å². The van der Waals surface area contributed by atoms with Crippen LogP contribution in [0.5, 0.6) is 11.5 Å². The van der Waals surface area contributed by atoms with Crippen molar-refractivity contribution in [3.63, 3.8) is 0 Å². The van der Waals surface area contributed by atoms with Gasteiger partial charge in [-0.3, -0.25) is 0 Å². The van der Waals surface area contributed by atoms with E-state index in [1.54, 1.807) is 14.2 Å². The number of nitriles is 1. The molecule has 2 rings (SSSR count). The van der Waals surface area contributed by atoms with E-state index in [4.69, 9.17) is 9.47 Å². The predicted octanol–water partition coefficient (Wildman–Crippen LogP) is 4.14. The second kappa shape index (κ2) is 7.00. The summed E-state index contributed by atoms with van der Waals surface area (Å²) in [4.78, 5) is 0. The highest BCUT2D eigenvalue weighted by Crippen LogP contribution is 2.31. The van der Waals surface area contributed by atoms with Crippen molar-refractivity contribution in [1.82, 2.24) is 0 Å². The van der Waals surface area contributed by atoms with Crippen LogP contribution in [0.2, 0.25) is 0 Å². The van der Waals surface area contributed by atoms with Crippen molar-refractivity contribution >= 4 is 21.6 Å². The second-order valence-electron chi connectivity index (χ2n) is 4.32. The number of hydrogen-bond donors (Lipinski definition) is 1. The summed E-state index contributed by atoms with van der Waals surface area (Å²) in [5.41, 5.74) is 1.58. The summed E-state index contributed by atoms with van der Waals surface area (Å²) in [6.45, 7) is 0. The van der Waals surface area contributed by atoms with Gasteiger partial charge in [-0.2, -0.15) is 5.26 Å². The van der Waals surface area contributed by atoms with Gasteiger partial charge in [0, 0.05) is 21.8 Å². The van der Waals surface area contributed by atoms with Crippen molar-refractivity contribution in [3.8, 4) is 17.6 Å². The van der Waals surface area contributed by atoms with Crippen molar-refractivity contribution in [2.75, 3.05) is 19.5 Å². The van der Waals surface area contributed by atoms with Crippen molar-refractivity contribution in [3.05, 3.63) is 52.5 Å². The molecule has 108 valence electrons. The Bertz CT molecular complexity index is 668. The molecule has 0 bridgehead atoms. The van der Waals surface area contributed by atoms with E-state index in [0.717, 1.165) is 21.5 Å². The number of hydrogen-bond acceptors (Lipinski definition) is 4. The molecule has 0 saturated carbocycles. The maximum absolute atomic E-state index is 9.46. The normalized spacial score (nSPS) is 11.3. The van der Waals surface area contributed by atoms with Gasteiger partial charge in [-0.15, -0.1) is 0 Å². The molecule has 1 atom stereocenters. The summed E-state index contributed by atoms with van der Waals surface area (Å²) in [7, 11) is 3.20. The van der Waals surface area contributed by atoms with E-state index in [1.165, 1.54) is 0 Å². The Morgan fingerprint density at radius 3 is 2.62 bits per heavy atom. The van der Waals surface area contributed by atoms with Gasteiger partial charge in [0.25, 0.3) is 0 Å². The average Bonchev–Trinajstić information content (AvgIpc) is 2.52. The summed E-state index contributed by atoms with van der Waals surface area (Å²) < 4.78 is 11.4. The first-order valence-electron chi connectivity index (χ1n) is 6.31. The third-order valence-corrected chi connectivity index (χ3v) is 3.51. The first-order valence-corrected chi connectivity index (χ1v) is 7.11. The fraction of sp³-hybridized carbons (Fsp3) is 0.188. The zero-order valence-electron chi connectivity index (χ0n) is 11.8. The van der Waals surface area contributed by atoms with E-state index in [-0.39, 0.29) is 0 Å². The van der Waals surface area contributed by atoms with Gasteiger partial charge in [-0.25, -0.2) is 0 Å². The smallest absolute Gasteiger partial charge is 0.143 e. The standard InChI is InChI=1S/C16H15BrN2O2/c1-20-13-5-3-4-12(9-13)19-15(10-18)14-8-11(17)6-7-16(14)21-2/h3-9,15,19H,1-2H3. The minimum atomic E-state index is -0.524. The topological polar surface area (TPSA) is 54.3 Å². The van der Waals surface area contributed by atoms with Crippen LogP contribution in [0.25, 0.3) is 0 Å². The largest absolute Gasteiger partial charge is 0.497 e. The molecule has 0 amide bonds. The fourth-order valence-corrected chi connectivity index (χ4v) is 2.37. The van der Waals surface area contributed by atoms with Crippen molar-refractivity contribution in [2.24, 2.45) is 0 Å². The Hall–Kier alpha value is -2.19. The summed E-state index contributed by atoms with van der Waals surface area (Å²) >= 11 is 3.42. The number of methoxy groups -OCH3 is 2. The maximum atomic E-state index is 9.46. The molecule has 0 aliphatic heterocycles. The first kappa shape index (κ1) is 15.2. The summed E-state index contributed by atoms with van der Waals surface area (Å²) in [5.74, 6) is 1.40. The van der Waals surface area contributed by atoms with Crippen LogP contribution in [0.3, 0.4) is 0 Å². The van der Waals surface area contributed by atoms with Crippen molar-refractivity contribution < 1.29 is 9.47 Å². The molecule has 1 N–H and O–H groups in total. The molecule has 0 aliphatic carbocycles. The number of halogens is 1. The average molecular weight is 347 g/mol. The summed E-state index contributed by atoms with van der Waals surface area (Å²) in [6, 6.07) is 14.8. The van der Waals surface area contributed by atoms with Crippen LogP contribution in [0.15, 0.2) is 46.9 Å². The Kier molecular flexibility index (Phi) is 5.07. The molecule has 5 heteroatoms. The van der Waals surface area contributed by atoms with Crippen LogP contribution in [-0.4, -0.2) is 14.2 Å². The lowest BCUT2D eigenvalue weighted by molar-refractivity contribution is 0.409. The lowest BCUT2D eigenvalue weighted by atomic mass is 10.1. The summed E-state index contributed by atoms with van der Waals surface area (Å²) in [5, 5.41) is 12.6. The number of nitrogens with one attached hydrogen (secondary N) is 1. The molecule has 0 radical (unpaired) electrons. The highest BCUT2D eigenvalue weighted by atomic mass is 79.9. The number of benzene rings is 2. The molecule has 21 heavy (non-hydrogen) atoms. The number of ether oxygens (including phenoxy) is 2. The highest BCUT2D eigenvalue weighted by Gasteiger charge is 2.16. The molecular formula is C16H15BrN2O2. The second-order valence-corrected chi connectivity index (χ2v) is 5.24. The number of rotatable bonds is 5. The molecule has 0 aliphatic rings. The van der Waals surface area contributed by atoms with E-state index in [2.05, 4.69) is 27.3 Å². The van der Waals surface area contributed by atoms with Crippen LogP contribution in [0.4, 0.5) is 5.69 Å². The molecule has 2 aromatic rings. The van der Waals surface area contributed by atoms with E-state index in [0.29, 0.717) is 5.75 Å². The van der Waals surface area contributed by atoms with Gasteiger partial charge in [-0.1, -0.05) is 22.0 Å². The van der Waals surface area contributed by atoms with Crippen LogP contribution in [0, 0.1) is 11.3 Å². The van der Waals surface area contributed by atoms with Gasteiger partial charge in [0.2, 0.25) is 0 Å². The highest BCUT2D eigenvalue weighted by molar-refractivity contribution is 9.10. The zero-order valence-corrected chi connectivity index (χ0v) is 13.3. The van der Waals surface area contributed by atoms with Crippen LogP contribution < -0.4 is 14.8 Å². The number of anilines is 1. The molecule has 2 aromatic carbocycles. The lowest BCUT2D eigenvalue weighted by Gasteiger charge is -2.17. The van der Waals surface area contributed by atoms with Gasteiger partial charge < -0.3 is 14.8 Å². The van der Waals surface area contributed by atoms with Crippen LogP contribution in [-0.2, 0) is 0 Å². The third kappa shape index (κ3) is 3.67. The first-order chi connectivity index (χ1) is 10.2. The molecule has 4 nitrogen and oxygen atoms in total. The Labute approximate surface area is 132 Å². The molecule has 1 unspecified atom stereocenters. The predicted molar refractivity (Wildman–Crippen MR) is 85.7 cm³/mol. The molecule has 0 heterocycles. The number of nitrogens with zero attached hydrogens (tertiary/aromatic N) is 1. The van der Waals surface area contributed by atoms with Crippen molar-refractivity contribution in [2.45, 2.75) is 6.04 Å².